The zero-order valence-corrected chi connectivity index (χ0v) is 10.3. The minimum Gasteiger partial charge on any atom is -0.459 e. The maximum Gasteiger partial charge on any atom is 0.323 e. The third kappa shape index (κ3) is 3.20. The Balaban J connectivity index is 2.60. The van der Waals surface area contributed by atoms with Gasteiger partial charge in [0.15, 0.2) is 0 Å². The second-order valence-electron chi connectivity index (χ2n) is 5.87. The molecule has 1 rings (SSSR count). The Kier molecular flexibility index (Phi) is 3.44. The molecule has 0 radical (unpaired) electrons. The summed E-state index contributed by atoms with van der Waals surface area (Å²) in [7, 11) is 0. The molecule has 0 aliphatic heterocycles. The van der Waals surface area contributed by atoms with Gasteiger partial charge in [-0.3, -0.25) is 4.79 Å². The number of carbonyl (C=O) groups excluding carboxylic acids is 1. The van der Waals surface area contributed by atoms with Gasteiger partial charge >= 0.3 is 5.97 Å². The van der Waals surface area contributed by atoms with Gasteiger partial charge in [0.1, 0.15) is 11.6 Å². The van der Waals surface area contributed by atoms with Gasteiger partial charge in [-0.1, -0.05) is 19.8 Å². The molecule has 0 bridgehead atoms. The van der Waals surface area contributed by atoms with E-state index < -0.39 is 11.6 Å². The Bertz CT molecular complexity index is 236. The van der Waals surface area contributed by atoms with Crippen LogP contribution in [0, 0.1) is 5.41 Å². The largest absolute Gasteiger partial charge is 0.459 e. The molecule has 2 N–H and O–H groups in total. The maximum absolute atomic E-state index is 11.8. The first-order valence-electron chi connectivity index (χ1n) is 5.73. The Morgan fingerprint density at radius 3 is 2.20 bits per heavy atom. The molecule has 0 spiro atoms. The fraction of sp³-hybridized carbons (Fsp3) is 0.917. The lowest BCUT2D eigenvalue weighted by Crippen LogP contribution is -2.47. The van der Waals surface area contributed by atoms with Gasteiger partial charge in [0.2, 0.25) is 0 Å². The maximum atomic E-state index is 11.8. The smallest absolute Gasteiger partial charge is 0.323 e. The van der Waals surface area contributed by atoms with Gasteiger partial charge in [-0.25, -0.2) is 0 Å². The highest BCUT2D eigenvalue weighted by molar-refractivity contribution is 5.77. The summed E-state index contributed by atoms with van der Waals surface area (Å²) >= 11 is 0. The van der Waals surface area contributed by atoms with Crippen LogP contribution in [-0.2, 0) is 9.53 Å². The van der Waals surface area contributed by atoms with Gasteiger partial charge in [-0.15, -0.1) is 0 Å². The normalized spacial score (nSPS) is 22.5. The molecule has 1 atom stereocenters. The first-order chi connectivity index (χ1) is 6.75. The van der Waals surface area contributed by atoms with E-state index in [-0.39, 0.29) is 11.4 Å². The van der Waals surface area contributed by atoms with E-state index in [1.54, 1.807) is 0 Å². The molecule has 0 aromatic heterocycles. The van der Waals surface area contributed by atoms with Gasteiger partial charge in [-0.05, 0) is 39.0 Å². The number of ether oxygens (including phenoxy) is 1. The highest BCUT2D eigenvalue weighted by atomic mass is 16.6. The summed E-state index contributed by atoms with van der Waals surface area (Å²) in [5, 5.41) is 0. The average molecular weight is 213 g/mol. The molecule has 1 aliphatic carbocycles. The van der Waals surface area contributed by atoms with E-state index in [9.17, 15) is 4.79 Å². The van der Waals surface area contributed by atoms with E-state index in [1.807, 2.05) is 20.8 Å². The molecule has 0 amide bonds. The molecule has 3 nitrogen and oxygen atoms in total. The molecule has 3 heteroatoms. The number of rotatable bonds is 2. The third-order valence-corrected chi connectivity index (χ3v) is 3.16. The van der Waals surface area contributed by atoms with Crippen LogP contribution in [0.3, 0.4) is 0 Å². The van der Waals surface area contributed by atoms with Crippen molar-refractivity contribution in [3.8, 4) is 0 Å². The summed E-state index contributed by atoms with van der Waals surface area (Å²) in [6.07, 6.45) is 4.42. The fourth-order valence-corrected chi connectivity index (χ4v) is 2.14. The predicted octanol–water partition coefficient (Wildman–Crippen LogP) is 2.24. The van der Waals surface area contributed by atoms with Crippen LogP contribution in [0.4, 0.5) is 0 Å². The molecule has 1 saturated carbocycles. The SMILES string of the molecule is CC(C)(C)OC(=O)C(N)C1(C)CCCC1. The summed E-state index contributed by atoms with van der Waals surface area (Å²) in [6, 6.07) is -0.473. The number of hydrogen-bond donors (Lipinski definition) is 1. The van der Waals surface area contributed by atoms with Crippen LogP contribution in [0.5, 0.6) is 0 Å². The standard InChI is InChI=1S/C12H23NO2/c1-11(2,3)15-10(14)9(13)12(4)7-5-6-8-12/h9H,5-8,13H2,1-4H3. The number of esters is 1. The van der Waals surface area contributed by atoms with Crippen molar-refractivity contribution in [2.45, 2.75) is 65.0 Å². The number of nitrogens with two attached hydrogens (primary N) is 1. The van der Waals surface area contributed by atoms with Crippen LogP contribution in [0.2, 0.25) is 0 Å². The lowest BCUT2D eigenvalue weighted by atomic mass is 9.81. The van der Waals surface area contributed by atoms with Crippen molar-refractivity contribution in [2.75, 3.05) is 0 Å². The van der Waals surface area contributed by atoms with Crippen LogP contribution in [0.15, 0.2) is 0 Å². The van der Waals surface area contributed by atoms with Gasteiger partial charge in [-0.2, -0.15) is 0 Å². The van der Waals surface area contributed by atoms with Gasteiger partial charge < -0.3 is 10.5 Å². The van der Waals surface area contributed by atoms with Crippen molar-refractivity contribution in [3.05, 3.63) is 0 Å². The molecular formula is C12H23NO2. The first kappa shape index (κ1) is 12.5. The van der Waals surface area contributed by atoms with E-state index in [4.69, 9.17) is 10.5 Å². The summed E-state index contributed by atoms with van der Waals surface area (Å²) < 4.78 is 5.31. The molecule has 1 aliphatic rings. The molecule has 1 fully saturated rings. The number of hydrogen-bond acceptors (Lipinski definition) is 3. The van der Waals surface area contributed by atoms with Crippen molar-refractivity contribution in [1.82, 2.24) is 0 Å². The molecule has 1 unspecified atom stereocenters. The van der Waals surface area contributed by atoms with Crippen LogP contribution in [-0.4, -0.2) is 17.6 Å². The average Bonchev–Trinajstić information content (AvgIpc) is 2.49. The summed E-state index contributed by atoms with van der Waals surface area (Å²) in [5.41, 5.74) is 5.50. The summed E-state index contributed by atoms with van der Waals surface area (Å²) in [4.78, 5) is 11.8. The molecule has 0 saturated heterocycles. The first-order valence-corrected chi connectivity index (χ1v) is 5.73. The quantitative estimate of drug-likeness (QED) is 0.716. The minimum atomic E-state index is -0.473. The van der Waals surface area contributed by atoms with Crippen LogP contribution in [0.1, 0.15) is 53.4 Å². The number of carbonyl (C=O) groups is 1. The van der Waals surface area contributed by atoms with E-state index in [0.717, 1.165) is 12.8 Å². The van der Waals surface area contributed by atoms with Gasteiger partial charge in [0.25, 0.3) is 0 Å². The summed E-state index contributed by atoms with van der Waals surface area (Å²) in [6.45, 7) is 7.70. The van der Waals surface area contributed by atoms with Crippen molar-refractivity contribution < 1.29 is 9.53 Å². The van der Waals surface area contributed by atoms with Gasteiger partial charge in [0, 0.05) is 0 Å². The van der Waals surface area contributed by atoms with Crippen molar-refractivity contribution in [1.29, 1.82) is 0 Å². The molecular weight excluding hydrogens is 190 g/mol. The lowest BCUT2D eigenvalue weighted by Gasteiger charge is -2.31. The second kappa shape index (κ2) is 4.12. The topological polar surface area (TPSA) is 52.3 Å². The van der Waals surface area contributed by atoms with Crippen LogP contribution in [0.25, 0.3) is 0 Å². The minimum absolute atomic E-state index is 0.0532. The molecule has 0 aromatic rings. The molecule has 88 valence electrons. The van der Waals surface area contributed by atoms with Crippen LogP contribution >= 0.6 is 0 Å². The zero-order valence-electron chi connectivity index (χ0n) is 10.3. The highest BCUT2D eigenvalue weighted by Gasteiger charge is 2.40. The molecule has 15 heavy (non-hydrogen) atoms. The zero-order chi connectivity index (χ0) is 11.7. The van der Waals surface area contributed by atoms with E-state index >= 15 is 0 Å². The van der Waals surface area contributed by atoms with E-state index in [2.05, 4.69) is 6.92 Å². The lowest BCUT2D eigenvalue weighted by molar-refractivity contribution is -0.159. The molecule has 0 aromatic carbocycles. The fourth-order valence-electron chi connectivity index (χ4n) is 2.14. The third-order valence-electron chi connectivity index (χ3n) is 3.16. The monoisotopic (exact) mass is 213 g/mol. The Morgan fingerprint density at radius 1 is 1.33 bits per heavy atom. The van der Waals surface area contributed by atoms with Crippen LogP contribution < -0.4 is 5.73 Å². The Morgan fingerprint density at radius 2 is 1.80 bits per heavy atom. The summed E-state index contributed by atoms with van der Waals surface area (Å²) in [5.74, 6) is -0.257. The molecule has 0 heterocycles. The van der Waals surface area contributed by atoms with Crippen molar-refractivity contribution in [3.63, 3.8) is 0 Å². The highest BCUT2D eigenvalue weighted by Crippen LogP contribution is 2.40. The predicted molar refractivity (Wildman–Crippen MR) is 60.4 cm³/mol. The van der Waals surface area contributed by atoms with E-state index in [0.29, 0.717) is 0 Å². The Labute approximate surface area is 92.4 Å². The van der Waals surface area contributed by atoms with Gasteiger partial charge in [0.05, 0.1) is 0 Å². The van der Waals surface area contributed by atoms with Crippen molar-refractivity contribution in [2.24, 2.45) is 11.1 Å². The second-order valence-corrected chi connectivity index (χ2v) is 5.87. The van der Waals surface area contributed by atoms with E-state index in [1.165, 1.54) is 12.8 Å². The Hall–Kier alpha value is -0.570. The van der Waals surface area contributed by atoms with Crippen molar-refractivity contribution >= 4 is 5.97 Å².